The molecule has 0 unspecified atom stereocenters. The number of rotatable bonds is 10. The smallest absolute Gasteiger partial charge is 0.385 e. The van der Waals surface area contributed by atoms with Crippen LogP contribution in [0.1, 0.15) is 30.9 Å². The largest absolute Gasteiger partial charge is 0.424 e. The van der Waals surface area contributed by atoms with Gasteiger partial charge >= 0.3 is 7.60 Å². The van der Waals surface area contributed by atoms with Gasteiger partial charge in [0, 0.05) is 6.54 Å². The van der Waals surface area contributed by atoms with Gasteiger partial charge in [-0.2, -0.15) is 0 Å². The molecule has 0 bridgehead atoms. The Morgan fingerprint density at radius 2 is 1.59 bits per heavy atom. The van der Waals surface area contributed by atoms with Crippen LogP contribution in [-0.2, 0) is 26.6 Å². The minimum absolute atomic E-state index is 0.187. The molecule has 4 rings (SSSR count). The highest BCUT2D eigenvalue weighted by Crippen LogP contribution is 2.48. The van der Waals surface area contributed by atoms with E-state index in [0.29, 0.717) is 24.7 Å². The van der Waals surface area contributed by atoms with Crippen molar-refractivity contribution in [3.05, 3.63) is 89.8 Å². The first-order valence-corrected chi connectivity index (χ1v) is 12.3. The lowest BCUT2D eigenvalue weighted by Crippen LogP contribution is -2.16. The topological polar surface area (TPSA) is 73.6 Å². The van der Waals surface area contributed by atoms with E-state index in [0.717, 1.165) is 21.9 Å². The van der Waals surface area contributed by atoms with Crippen molar-refractivity contribution in [1.29, 1.82) is 0 Å². The Hall–Kier alpha value is -2.92. The van der Waals surface area contributed by atoms with E-state index in [9.17, 15) is 4.57 Å². The van der Waals surface area contributed by atoms with Gasteiger partial charge in [0.2, 0.25) is 17.2 Å². The van der Waals surface area contributed by atoms with E-state index in [-0.39, 0.29) is 18.6 Å². The summed E-state index contributed by atoms with van der Waals surface area (Å²) in [5.74, 6) is 0.765. The maximum absolute atomic E-state index is 13.5. The summed E-state index contributed by atoms with van der Waals surface area (Å²) < 4.78 is 30.7. The van der Waals surface area contributed by atoms with Gasteiger partial charge in [-0.3, -0.25) is 4.57 Å². The molecule has 1 heterocycles. The van der Waals surface area contributed by atoms with Crippen molar-refractivity contribution in [2.45, 2.75) is 26.8 Å². The molecule has 0 aliphatic carbocycles. The lowest BCUT2D eigenvalue weighted by molar-refractivity contribution is 0.229. The molecule has 0 spiro atoms. The first-order chi connectivity index (χ1) is 15.6. The Labute approximate surface area is 188 Å². The number of hydrogen-bond donors (Lipinski definition) is 1. The van der Waals surface area contributed by atoms with Crippen LogP contribution in [0.5, 0.6) is 0 Å². The van der Waals surface area contributed by atoms with Crippen LogP contribution >= 0.6 is 7.60 Å². The first kappa shape index (κ1) is 22.3. The summed E-state index contributed by atoms with van der Waals surface area (Å²) in [5, 5.41) is 5.51. The molecule has 0 amide bonds. The lowest BCUT2D eigenvalue weighted by atomic mass is 10.0. The molecule has 32 heavy (non-hydrogen) atoms. The van der Waals surface area contributed by atoms with Crippen LogP contribution in [-0.4, -0.2) is 18.2 Å². The van der Waals surface area contributed by atoms with E-state index < -0.39 is 7.60 Å². The van der Waals surface area contributed by atoms with Gasteiger partial charge in [0.1, 0.15) is 0 Å². The summed E-state index contributed by atoms with van der Waals surface area (Å²) in [6, 6.07) is 24.2. The predicted octanol–water partition coefficient (Wildman–Crippen LogP) is 5.92. The van der Waals surface area contributed by atoms with Crippen molar-refractivity contribution in [3.8, 4) is 0 Å². The minimum Gasteiger partial charge on any atom is -0.424 e. The summed E-state index contributed by atoms with van der Waals surface area (Å²) in [6.45, 7) is 4.52. The second kappa shape index (κ2) is 10.1. The zero-order valence-corrected chi connectivity index (χ0v) is 19.2. The van der Waals surface area contributed by atoms with E-state index in [1.165, 1.54) is 0 Å². The fourth-order valence-electron chi connectivity index (χ4n) is 3.62. The van der Waals surface area contributed by atoms with Gasteiger partial charge in [0.25, 0.3) is 0 Å². The van der Waals surface area contributed by atoms with Gasteiger partial charge in [-0.05, 0) is 35.7 Å². The number of oxazole rings is 1. The monoisotopic (exact) mass is 450 g/mol. The van der Waals surface area contributed by atoms with Crippen LogP contribution in [0.2, 0.25) is 0 Å². The highest BCUT2D eigenvalue weighted by Gasteiger charge is 2.35. The summed E-state index contributed by atoms with van der Waals surface area (Å²) in [6.07, 6.45) is 0.458. The number of nitrogens with one attached hydrogen (secondary N) is 1. The molecule has 1 N–H and O–H groups in total. The van der Waals surface area contributed by atoms with Crippen LogP contribution in [0, 0.1) is 0 Å². The van der Waals surface area contributed by atoms with Crippen LogP contribution in [0.25, 0.3) is 10.8 Å². The van der Waals surface area contributed by atoms with Crippen LogP contribution < -0.4 is 10.8 Å². The van der Waals surface area contributed by atoms with Gasteiger partial charge < -0.3 is 18.8 Å². The molecule has 166 valence electrons. The molecule has 0 aliphatic rings. The molecule has 4 aromatic rings. The zero-order chi connectivity index (χ0) is 22.4. The molecule has 1 aromatic heterocycles. The Morgan fingerprint density at radius 3 is 2.34 bits per heavy atom. The highest BCUT2D eigenvalue weighted by atomic mass is 31.2. The van der Waals surface area contributed by atoms with Crippen molar-refractivity contribution in [1.82, 2.24) is 4.98 Å². The number of fused-ring (bicyclic) bond motifs is 1. The molecule has 0 saturated heterocycles. The van der Waals surface area contributed by atoms with Crippen molar-refractivity contribution < 1.29 is 18.0 Å². The predicted molar refractivity (Wildman–Crippen MR) is 128 cm³/mol. The van der Waals surface area contributed by atoms with Gasteiger partial charge in [0.15, 0.2) is 0 Å². The standard InChI is InChI=1S/C25H27N2O4P/c1-3-29-32(28,30-4-2)25-24(26-18-19-11-6-5-7-12-19)31-23(27-25)17-21-15-10-14-20-13-8-9-16-22(20)21/h5-16,26H,3-4,17-18H2,1-2H3. The van der Waals surface area contributed by atoms with Crippen molar-refractivity contribution in [3.63, 3.8) is 0 Å². The molecule has 0 atom stereocenters. The minimum atomic E-state index is -3.63. The summed E-state index contributed by atoms with van der Waals surface area (Å²) in [4.78, 5) is 4.59. The SMILES string of the molecule is CCOP(=O)(OCC)c1nc(Cc2cccc3ccccc23)oc1NCc1ccccc1. The lowest BCUT2D eigenvalue weighted by Gasteiger charge is -2.15. The Kier molecular flexibility index (Phi) is 7.05. The molecule has 0 radical (unpaired) electrons. The maximum Gasteiger partial charge on any atom is 0.385 e. The summed E-state index contributed by atoms with van der Waals surface area (Å²) in [7, 11) is -3.63. The van der Waals surface area contributed by atoms with Crippen LogP contribution in [0.15, 0.2) is 77.2 Å². The number of nitrogens with zero attached hydrogens (tertiary/aromatic N) is 1. The third kappa shape index (κ3) is 4.94. The van der Waals surface area contributed by atoms with Gasteiger partial charge in [-0.1, -0.05) is 72.8 Å². The maximum atomic E-state index is 13.5. The fraction of sp³-hybridized carbons (Fsp3) is 0.240. The van der Waals surface area contributed by atoms with E-state index in [4.69, 9.17) is 13.5 Å². The van der Waals surface area contributed by atoms with Gasteiger partial charge in [-0.15, -0.1) is 0 Å². The second-order valence-electron chi connectivity index (χ2n) is 7.25. The molecular weight excluding hydrogens is 423 g/mol. The zero-order valence-electron chi connectivity index (χ0n) is 18.3. The van der Waals surface area contributed by atoms with E-state index in [1.54, 1.807) is 13.8 Å². The summed E-state index contributed by atoms with van der Waals surface area (Å²) >= 11 is 0. The average molecular weight is 450 g/mol. The highest BCUT2D eigenvalue weighted by molar-refractivity contribution is 7.62. The average Bonchev–Trinajstić information content (AvgIpc) is 3.22. The normalized spacial score (nSPS) is 11.7. The van der Waals surface area contributed by atoms with Crippen molar-refractivity contribution >= 4 is 29.7 Å². The number of benzene rings is 3. The van der Waals surface area contributed by atoms with Crippen molar-refractivity contribution in [2.24, 2.45) is 0 Å². The third-order valence-electron chi connectivity index (χ3n) is 5.03. The van der Waals surface area contributed by atoms with Gasteiger partial charge in [0.05, 0.1) is 19.6 Å². The number of hydrogen-bond acceptors (Lipinski definition) is 6. The molecule has 0 fully saturated rings. The van der Waals surface area contributed by atoms with E-state index in [2.05, 4.69) is 28.5 Å². The molecule has 3 aromatic carbocycles. The van der Waals surface area contributed by atoms with E-state index in [1.807, 2.05) is 54.6 Å². The third-order valence-corrected chi connectivity index (χ3v) is 7.05. The number of aromatic nitrogens is 1. The van der Waals surface area contributed by atoms with Crippen molar-refractivity contribution in [2.75, 3.05) is 18.5 Å². The molecule has 6 nitrogen and oxygen atoms in total. The van der Waals surface area contributed by atoms with Gasteiger partial charge in [-0.25, -0.2) is 4.98 Å². The second-order valence-corrected chi connectivity index (χ2v) is 9.18. The molecule has 0 aliphatic heterocycles. The quantitative estimate of drug-likeness (QED) is 0.302. The van der Waals surface area contributed by atoms with Crippen LogP contribution in [0.4, 0.5) is 5.88 Å². The Balaban J connectivity index is 1.70. The fourth-order valence-corrected chi connectivity index (χ4v) is 5.23. The Morgan fingerprint density at radius 1 is 0.906 bits per heavy atom. The van der Waals surface area contributed by atoms with Crippen LogP contribution in [0.3, 0.4) is 0 Å². The molecular formula is C25H27N2O4P. The first-order valence-electron chi connectivity index (χ1n) is 10.8. The molecule has 0 saturated carbocycles. The summed E-state index contributed by atoms with van der Waals surface area (Å²) in [5.41, 5.74) is 2.33. The van der Waals surface area contributed by atoms with E-state index >= 15 is 0 Å². The Bertz CT molecular complexity index is 1210. The molecule has 7 heteroatoms. The number of anilines is 1.